The minimum absolute atomic E-state index is 0.418. The van der Waals surface area contributed by atoms with Crippen LogP contribution in [0, 0.1) is 6.92 Å². The molecule has 0 aliphatic heterocycles. The second-order valence-electron chi connectivity index (χ2n) is 6.11. The number of nitrogens with zero attached hydrogens (tertiary/aromatic N) is 3. The van der Waals surface area contributed by atoms with Crippen LogP contribution in [0.15, 0.2) is 34.2 Å². The van der Waals surface area contributed by atoms with Gasteiger partial charge >= 0.3 is 0 Å². The highest BCUT2D eigenvalue weighted by Gasteiger charge is 2.39. The summed E-state index contributed by atoms with van der Waals surface area (Å²) in [7, 11) is 0. The quantitative estimate of drug-likeness (QED) is 0.764. The minimum atomic E-state index is -0.418. The monoisotopic (exact) mass is 342 g/mol. The van der Waals surface area contributed by atoms with E-state index >= 15 is 0 Å². The summed E-state index contributed by atoms with van der Waals surface area (Å²) in [4.78, 5) is 8.86. The van der Waals surface area contributed by atoms with Crippen LogP contribution in [-0.2, 0) is 12.1 Å². The molecule has 0 atom stereocenters. The molecule has 0 saturated heterocycles. The Bertz CT molecular complexity index is 854. The predicted molar refractivity (Wildman–Crippen MR) is 90.6 cm³/mol. The number of benzene rings is 1. The molecule has 2 N–H and O–H groups in total. The lowest BCUT2D eigenvalue weighted by Crippen LogP contribution is -2.44. The molecule has 4 rings (SSSR count). The molecule has 2 aromatic heterocycles. The molecular weight excluding hydrogens is 324 g/mol. The molecule has 1 aliphatic carbocycles. The molecule has 24 heavy (non-hydrogen) atoms. The first-order valence-electron chi connectivity index (χ1n) is 7.90. The lowest BCUT2D eigenvalue weighted by molar-refractivity contribution is 0.229. The van der Waals surface area contributed by atoms with E-state index in [1.807, 2.05) is 36.6 Å². The molecule has 1 aliphatic rings. The summed E-state index contributed by atoms with van der Waals surface area (Å²) in [5, 5.41) is 7.09. The summed E-state index contributed by atoms with van der Waals surface area (Å²) in [6, 6.07) is 7.61. The average molecular weight is 342 g/mol. The van der Waals surface area contributed by atoms with E-state index in [4.69, 9.17) is 15.0 Å². The zero-order valence-corrected chi connectivity index (χ0v) is 14.2. The summed E-state index contributed by atoms with van der Waals surface area (Å²) >= 11 is 1.62. The smallest absolute Gasteiger partial charge is 0.258 e. The van der Waals surface area contributed by atoms with E-state index in [0.29, 0.717) is 18.3 Å². The van der Waals surface area contributed by atoms with Gasteiger partial charge in [-0.3, -0.25) is 0 Å². The Labute approximate surface area is 143 Å². The van der Waals surface area contributed by atoms with E-state index < -0.39 is 5.54 Å². The average Bonchev–Trinajstić information content (AvgIpc) is 3.20. The molecule has 0 radical (unpaired) electrons. The van der Waals surface area contributed by atoms with Crippen molar-refractivity contribution in [3.8, 4) is 17.2 Å². The maximum atomic E-state index is 6.24. The van der Waals surface area contributed by atoms with E-state index in [2.05, 4.69) is 15.1 Å². The van der Waals surface area contributed by atoms with Crippen LogP contribution in [0.1, 0.15) is 35.8 Å². The number of aryl methyl sites for hydroxylation is 1. The van der Waals surface area contributed by atoms with Crippen LogP contribution in [0.25, 0.3) is 11.5 Å². The zero-order valence-electron chi connectivity index (χ0n) is 13.4. The number of rotatable bonds is 5. The molecule has 0 spiro atoms. The van der Waals surface area contributed by atoms with Gasteiger partial charge in [-0.1, -0.05) is 11.2 Å². The summed E-state index contributed by atoms with van der Waals surface area (Å²) < 4.78 is 11.2. The molecule has 1 saturated carbocycles. The number of nitrogens with two attached hydrogens (primary N) is 1. The molecule has 0 unspecified atom stereocenters. The molecule has 1 aromatic carbocycles. The molecule has 7 heteroatoms. The third kappa shape index (κ3) is 2.92. The molecule has 0 amide bonds. The summed E-state index contributed by atoms with van der Waals surface area (Å²) in [6.45, 7) is 2.42. The number of ether oxygens (including phenoxy) is 1. The van der Waals surface area contributed by atoms with Gasteiger partial charge in [0.25, 0.3) is 5.89 Å². The van der Waals surface area contributed by atoms with Gasteiger partial charge in [0.1, 0.15) is 12.4 Å². The van der Waals surface area contributed by atoms with Crippen molar-refractivity contribution in [2.24, 2.45) is 5.73 Å². The topological polar surface area (TPSA) is 87.1 Å². The van der Waals surface area contributed by atoms with Gasteiger partial charge < -0.3 is 15.0 Å². The van der Waals surface area contributed by atoms with E-state index in [1.165, 1.54) is 0 Å². The van der Waals surface area contributed by atoms with Crippen LogP contribution in [0.4, 0.5) is 0 Å². The Balaban J connectivity index is 1.50. The Hall–Kier alpha value is -2.25. The number of hydrogen-bond donors (Lipinski definition) is 1. The van der Waals surface area contributed by atoms with E-state index in [-0.39, 0.29) is 0 Å². The Morgan fingerprint density at radius 2 is 2.21 bits per heavy atom. The molecule has 3 aromatic rings. The number of thiazole rings is 1. The van der Waals surface area contributed by atoms with Crippen molar-refractivity contribution in [2.75, 3.05) is 0 Å². The zero-order chi connectivity index (χ0) is 16.6. The fourth-order valence-electron chi connectivity index (χ4n) is 2.67. The van der Waals surface area contributed by atoms with Gasteiger partial charge in [-0.25, -0.2) is 4.98 Å². The first kappa shape index (κ1) is 15.3. The Kier molecular flexibility index (Phi) is 3.82. The first-order chi connectivity index (χ1) is 11.6. The van der Waals surface area contributed by atoms with Gasteiger partial charge in [-0.05, 0) is 44.4 Å². The van der Waals surface area contributed by atoms with Crippen LogP contribution in [0.5, 0.6) is 5.75 Å². The third-order valence-electron chi connectivity index (χ3n) is 4.25. The molecular formula is C17H18N4O2S. The van der Waals surface area contributed by atoms with Crippen molar-refractivity contribution in [3.63, 3.8) is 0 Å². The molecule has 2 heterocycles. The maximum Gasteiger partial charge on any atom is 0.258 e. The fraction of sp³-hybridized carbons (Fsp3) is 0.353. The van der Waals surface area contributed by atoms with Crippen molar-refractivity contribution >= 4 is 11.3 Å². The summed E-state index contributed by atoms with van der Waals surface area (Å²) in [6.07, 6.45) is 2.92. The maximum absolute atomic E-state index is 6.24. The lowest BCUT2D eigenvalue weighted by Gasteiger charge is -2.34. The van der Waals surface area contributed by atoms with Crippen molar-refractivity contribution in [2.45, 2.75) is 38.3 Å². The minimum Gasteiger partial charge on any atom is -0.487 e. The van der Waals surface area contributed by atoms with Crippen molar-refractivity contribution in [1.29, 1.82) is 0 Å². The van der Waals surface area contributed by atoms with Gasteiger partial charge in [-0.2, -0.15) is 4.98 Å². The van der Waals surface area contributed by atoms with Crippen molar-refractivity contribution in [1.82, 2.24) is 15.1 Å². The van der Waals surface area contributed by atoms with E-state index in [1.54, 1.807) is 11.3 Å². The SMILES string of the molecule is Cc1nc(COc2cccc(-c3nc(C4(N)CCC4)no3)c2)cs1. The van der Waals surface area contributed by atoms with Crippen LogP contribution >= 0.6 is 11.3 Å². The third-order valence-corrected chi connectivity index (χ3v) is 5.07. The molecule has 6 nitrogen and oxygen atoms in total. The molecule has 124 valence electrons. The van der Waals surface area contributed by atoms with Gasteiger partial charge in [-0.15, -0.1) is 11.3 Å². The number of aromatic nitrogens is 3. The van der Waals surface area contributed by atoms with Crippen LogP contribution < -0.4 is 10.5 Å². The van der Waals surface area contributed by atoms with Gasteiger partial charge in [0, 0.05) is 10.9 Å². The highest BCUT2D eigenvalue weighted by Crippen LogP contribution is 2.37. The van der Waals surface area contributed by atoms with Crippen LogP contribution in [0.3, 0.4) is 0 Å². The largest absolute Gasteiger partial charge is 0.487 e. The molecule has 1 fully saturated rings. The van der Waals surface area contributed by atoms with Crippen LogP contribution in [-0.4, -0.2) is 15.1 Å². The van der Waals surface area contributed by atoms with E-state index in [0.717, 1.165) is 41.3 Å². The first-order valence-corrected chi connectivity index (χ1v) is 8.78. The summed E-state index contributed by atoms with van der Waals surface area (Å²) in [5.74, 6) is 1.80. The van der Waals surface area contributed by atoms with Gasteiger partial charge in [0.05, 0.1) is 16.2 Å². The van der Waals surface area contributed by atoms with Crippen molar-refractivity contribution < 1.29 is 9.26 Å². The fourth-order valence-corrected chi connectivity index (χ4v) is 3.27. The second kappa shape index (κ2) is 5.99. The Morgan fingerprint density at radius 1 is 1.33 bits per heavy atom. The Morgan fingerprint density at radius 3 is 2.92 bits per heavy atom. The normalized spacial score (nSPS) is 15.9. The van der Waals surface area contributed by atoms with Crippen molar-refractivity contribution in [3.05, 3.63) is 46.2 Å². The highest BCUT2D eigenvalue weighted by atomic mass is 32.1. The summed E-state index contributed by atoms with van der Waals surface area (Å²) in [5.41, 5.74) is 7.58. The predicted octanol–water partition coefficient (Wildman–Crippen LogP) is 3.42. The lowest BCUT2D eigenvalue weighted by atomic mass is 9.77. The van der Waals surface area contributed by atoms with Gasteiger partial charge in [0.15, 0.2) is 5.82 Å². The standard InChI is InChI=1S/C17H18N4O2S/c1-11-19-13(10-24-11)9-22-14-5-2-4-12(8-14)15-20-16(21-23-15)17(18)6-3-7-17/h2,4-5,8,10H,3,6-7,9,18H2,1H3. The van der Waals surface area contributed by atoms with Gasteiger partial charge in [0.2, 0.25) is 0 Å². The second-order valence-corrected chi connectivity index (χ2v) is 7.17. The number of hydrogen-bond acceptors (Lipinski definition) is 7. The molecule has 0 bridgehead atoms. The van der Waals surface area contributed by atoms with E-state index in [9.17, 15) is 0 Å². The van der Waals surface area contributed by atoms with Crippen LogP contribution in [0.2, 0.25) is 0 Å². The highest BCUT2D eigenvalue weighted by molar-refractivity contribution is 7.09.